The van der Waals surface area contributed by atoms with Crippen LogP contribution in [0, 0.1) is 0 Å². The van der Waals surface area contributed by atoms with Crippen molar-refractivity contribution in [1.82, 2.24) is 0 Å². The van der Waals surface area contributed by atoms with Crippen molar-refractivity contribution in [3.05, 3.63) is 18.2 Å². The zero-order valence-corrected chi connectivity index (χ0v) is 10.0. The van der Waals surface area contributed by atoms with Crippen LogP contribution in [0.15, 0.2) is 18.2 Å². The molecule has 94 valence electrons. The molecule has 1 heterocycles. The van der Waals surface area contributed by atoms with E-state index in [0.717, 1.165) is 11.8 Å². The van der Waals surface area contributed by atoms with E-state index in [1.54, 1.807) is 25.2 Å². The second kappa shape index (κ2) is 4.48. The summed E-state index contributed by atoms with van der Waals surface area (Å²) in [6, 6.07) is 4.99. The van der Waals surface area contributed by atoms with Crippen LogP contribution in [0.1, 0.15) is 6.92 Å². The predicted octanol–water partition coefficient (Wildman–Crippen LogP) is 0.569. The van der Waals surface area contributed by atoms with Crippen LogP contribution < -0.4 is 15.0 Å². The van der Waals surface area contributed by atoms with Crippen LogP contribution in [0.4, 0.5) is 11.4 Å². The topological polar surface area (TPSA) is 75.7 Å². The molecular formula is C12H12N2O4. The number of hydrogen-bond donors (Lipinski definition) is 1. The molecule has 0 saturated carbocycles. The molecule has 6 heteroatoms. The van der Waals surface area contributed by atoms with Crippen molar-refractivity contribution in [2.45, 2.75) is 6.92 Å². The minimum atomic E-state index is -0.849. The van der Waals surface area contributed by atoms with Gasteiger partial charge >= 0.3 is 5.91 Å². The van der Waals surface area contributed by atoms with E-state index in [1.807, 2.05) is 0 Å². The molecule has 1 aromatic rings. The second-order valence-electron chi connectivity index (χ2n) is 3.81. The number of ether oxygens (including phenoxy) is 1. The number of amides is 2. The summed E-state index contributed by atoms with van der Waals surface area (Å²) >= 11 is 0. The molecule has 18 heavy (non-hydrogen) atoms. The third kappa shape index (κ3) is 1.92. The fourth-order valence-electron chi connectivity index (χ4n) is 1.69. The summed E-state index contributed by atoms with van der Waals surface area (Å²) < 4.78 is 5.21. The number of hydrogen-bond acceptors (Lipinski definition) is 5. The van der Waals surface area contributed by atoms with E-state index in [1.165, 1.54) is 0 Å². The predicted molar refractivity (Wildman–Crippen MR) is 64.7 cm³/mol. The number of Topliss-reactive ketones (excluding diaryl/α,β-unsaturated/α-hetero) is 1. The number of ketones is 1. The van der Waals surface area contributed by atoms with Crippen LogP contribution in [0.2, 0.25) is 0 Å². The van der Waals surface area contributed by atoms with Gasteiger partial charge in [-0.05, 0) is 18.2 Å². The highest BCUT2D eigenvalue weighted by atomic mass is 16.5. The Balaban J connectivity index is 2.52. The molecule has 0 radical (unpaired) electrons. The lowest BCUT2D eigenvalue weighted by Gasteiger charge is -2.27. The van der Waals surface area contributed by atoms with Crippen molar-refractivity contribution in [3.8, 4) is 5.75 Å². The van der Waals surface area contributed by atoms with E-state index in [9.17, 15) is 14.4 Å². The van der Waals surface area contributed by atoms with Gasteiger partial charge in [-0.15, -0.1) is 0 Å². The highest BCUT2D eigenvalue weighted by Crippen LogP contribution is 2.34. The monoisotopic (exact) mass is 248 g/mol. The standard InChI is InChI=1S/C12H12N2O4/c1-7(15)12(17)14-9-5-8(13-2)3-4-10(9)18-6-11(14)16/h3-5,13H,6H2,1-2H3. The summed E-state index contributed by atoms with van der Waals surface area (Å²) in [5.74, 6) is -1.68. The summed E-state index contributed by atoms with van der Waals surface area (Å²) in [6.07, 6.45) is 0. The number of anilines is 2. The average Bonchev–Trinajstić information content (AvgIpc) is 2.37. The van der Waals surface area contributed by atoms with Gasteiger partial charge in [-0.3, -0.25) is 14.4 Å². The van der Waals surface area contributed by atoms with Gasteiger partial charge in [-0.25, -0.2) is 4.90 Å². The number of nitrogens with zero attached hydrogens (tertiary/aromatic N) is 1. The molecule has 2 rings (SSSR count). The fraction of sp³-hybridized carbons (Fsp3) is 0.250. The van der Waals surface area contributed by atoms with Gasteiger partial charge < -0.3 is 10.1 Å². The van der Waals surface area contributed by atoms with Crippen LogP contribution in [0.25, 0.3) is 0 Å². The lowest BCUT2D eigenvalue weighted by Crippen LogP contribution is -2.45. The molecule has 6 nitrogen and oxygen atoms in total. The number of carbonyl (C=O) groups excluding carboxylic acids is 3. The Morgan fingerprint density at radius 1 is 1.39 bits per heavy atom. The van der Waals surface area contributed by atoms with Crippen molar-refractivity contribution in [3.63, 3.8) is 0 Å². The van der Waals surface area contributed by atoms with Crippen molar-refractivity contribution >= 4 is 29.0 Å². The maximum absolute atomic E-state index is 11.8. The quantitative estimate of drug-likeness (QED) is 0.774. The summed E-state index contributed by atoms with van der Waals surface area (Å²) in [5.41, 5.74) is 1.01. The van der Waals surface area contributed by atoms with Gasteiger partial charge in [0, 0.05) is 19.7 Å². The number of imide groups is 1. The Morgan fingerprint density at radius 2 is 2.11 bits per heavy atom. The first kappa shape index (κ1) is 12.1. The van der Waals surface area contributed by atoms with E-state index >= 15 is 0 Å². The molecule has 0 spiro atoms. The summed E-state index contributed by atoms with van der Waals surface area (Å²) in [6.45, 7) is 0.886. The first-order valence-corrected chi connectivity index (χ1v) is 5.37. The molecular weight excluding hydrogens is 236 g/mol. The Kier molecular flexibility index (Phi) is 3.01. The van der Waals surface area contributed by atoms with Crippen molar-refractivity contribution in [2.75, 3.05) is 23.9 Å². The third-order valence-corrected chi connectivity index (χ3v) is 2.59. The van der Waals surface area contributed by atoms with Crippen molar-refractivity contribution in [1.29, 1.82) is 0 Å². The Hall–Kier alpha value is -2.37. The highest BCUT2D eigenvalue weighted by molar-refractivity contribution is 6.45. The maximum Gasteiger partial charge on any atom is 0.301 e. The molecule has 0 fully saturated rings. The molecule has 0 bridgehead atoms. The van der Waals surface area contributed by atoms with E-state index in [2.05, 4.69) is 5.32 Å². The van der Waals surface area contributed by atoms with Gasteiger partial charge in [0.25, 0.3) is 5.91 Å². The van der Waals surface area contributed by atoms with Gasteiger partial charge in [0.05, 0.1) is 5.69 Å². The van der Waals surface area contributed by atoms with Crippen LogP contribution in [0.5, 0.6) is 5.75 Å². The number of nitrogens with one attached hydrogen (secondary N) is 1. The van der Waals surface area contributed by atoms with E-state index in [4.69, 9.17) is 4.74 Å². The zero-order valence-electron chi connectivity index (χ0n) is 10.0. The number of fused-ring (bicyclic) bond motifs is 1. The minimum absolute atomic E-state index is 0.245. The van der Waals surface area contributed by atoms with Gasteiger partial charge in [0.1, 0.15) is 5.75 Å². The van der Waals surface area contributed by atoms with Crippen molar-refractivity contribution < 1.29 is 19.1 Å². The number of benzene rings is 1. The lowest BCUT2D eigenvalue weighted by atomic mass is 10.2. The Bertz CT molecular complexity index is 539. The highest BCUT2D eigenvalue weighted by Gasteiger charge is 2.33. The van der Waals surface area contributed by atoms with E-state index in [-0.39, 0.29) is 6.61 Å². The Morgan fingerprint density at radius 3 is 2.72 bits per heavy atom. The van der Waals surface area contributed by atoms with Gasteiger partial charge in [0.15, 0.2) is 6.61 Å². The zero-order chi connectivity index (χ0) is 13.3. The first-order valence-electron chi connectivity index (χ1n) is 5.37. The minimum Gasteiger partial charge on any atom is -0.482 e. The van der Waals surface area contributed by atoms with Crippen LogP contribution in [-0.4, -0.2) is 31.3 Å². The van der Waals surface area contributed by atoms with Crippen LogP contribution in [0.3, 0.4) is 0 Å². The SMILES string of the molecule is CNc1ccc2c(c1)N(C(=O)C(C)=O)C(=O)CO2. The molecule has 1 aliphatic rings. The van der Waals surface area contributed by atoms with Crippen LogP contribution >= 0.6 is 0 Å². The summed E-state index contributed by atoms with van der Waals surface area (Å²) in [5, 5.41) is 2.89. The van der Waals surface area contributed by atoms with E-state index < -0.39 is 17.6 Å². The second-order valence-corrected chi connectivity index (χ2v) is 3.81. The molecule has 0 aromatic heterocycles. The molecule has 2 amide bonds. The number of carbonyl (C=O) groups is 3. The molecule has 0 unspecified atom stereocenters. The third-order valence-electron chi connectivity index (χ3n) is 2.59. The largest absolute Gasteiger partial charge is 0.482 e. The maximum atomic E-state index is 11.8. The van der Waals surface area contributed by atoms with Crippen LogP contribution in [-0.2, 0) is 14.4 Å². The Labute approximate surface area is 104 Å². The van der Waals surface area contributed by atoms with Gasteiger partial charge in [-0.2, -0.15) is 0 Å². The molecule has 0 aliphatic carbocycles. The van der Waals surface area contributed by atoms with Gasteiger partial charge in [0.2, 0.25) is 5.78 Å². The molecule has 0 saturated heterocycles. The summed E-state index contributed by atoms with van der Waals surface area (Å²) in [7, 11) is 1.71. The fourth-order valence-corrected chi connectivity index (χ4v) is 1.69. The number of rotatable bonds is 2. The molecule has 1 aliphatic heterocycles. The summed E-state index contributed by atoms with van der Waals surface area (Å²) in [4.78, 5) is 35.5. The van der Waals surface area contributed by atoms with Gasteiger partial charge in [-0.1, -0.05) is 0 Å². The molecule has 1 N–H and O–H groups in total. The van der Waals surface area contributed by atoms with Crippen molar-refractivity contribution in [2.24, 2.45) is 0 Å². The van der Waals surface area contributed by atoms with E-state index in [0.29, 0.717) is 17.1 Å². The molecule has 0 atom stereocenters. The smallest absolute Gasteiger partial charge is 0.301 e. The normalized spacial score (nSPS) is 13.7. The first-order chi connectivity index (χ1) is 8.54. The molecule has 1 aromatic carbocycles. The average molecular weight is 248 g/mol. The lowest BCUT2D eigenvalue weighted by molar-refractivity contribution is -0.138.